The maximum atomic E-state index is 13.2. The smallest absolute Gasteiger partial charge is 0.416 e. The average molecular weight is 565 g/mol. The molecule has 2 aliphatic rings. The maximum absolute atomic E-state index is 13.2. The Kier molecular flexibility index (Phi) is 7.13. The Morgan fingerprint density at radius 1 is 1.05 bits per heavy atom. The lowest BCUT2D eigenvalue weighted by Crippen LogP contribution is -2.31. The van der Waals surface area contributed by atoms with Crippen LogP contribution in [0.4, 0.5) is 19.0 Å². The fourth-order valence-corrected chi connectivity index (χ4v) is 5.92. The zero-order valence-corrected chi connectivity index (χ0v) is 22.7. The molecule has 1 aromatic carbocycles. The number of carboxylic acid groups (broad SMARTS) is 1. The number of rotatable bonds is 8. The molecule has 0 radical (unpaired) electrons. The van der Waals surface area contributed by atoms with Gasteiger partial charge in [-0.3, -0.25) is 4.98 Å². The van der Waals surface area contributed by atoms with E-state index in [4.69, 9.17) is 4.98 Å². The quantitative estimate of drug-likeness (QED) is 0.239. The second kappa shape index (κ2) is 10.8. The van der Waals surface area contributed by atoms with E-state index in [1.807, 2.05) is 23.6 Å². The first-order valence-corrected chi connectivity index (χ1v) is 14.1. The van der Waals surface area contributed by atoms with Crippen LogP contribution < -0.4 is 5.32 Å². The molecule has 11 heteroatoms. The molecule has 8 nitrogen and oxygen atoms in total. The van der Waals surface area contributed by atoms with E-state index in [1.54, 1.807) is 6.20 Å². The standard InChI is InChI=1S/C30H31F3N6O2/c1-17(19-7-4-8-19)35-25-24-26(37-27(36-25)29(40)41)38-28(23-15-21(13-14-34-23)20-5-2-3-6-20)39(24)16-18-9-11-22(12-10-18)30(31,32)33/h9-15,17,19-20H,2-8,16H2,1H3,(H,40,41)(H,35,36,37)/t17-/m1/s1. The molecule has 2 aliphatic carbocycles. The lowest BCUT2D eigenvalue weighted by Gasteiger charge is -2.32. The van der Waals surface area contributed by atoms with E-state index in [1.165, 1.54) is 25.0 Å². The SMILES string of the molecule is C[C@@H](Nc1nc(C(=O)O)nc2nc(-c3cc(C4CCCC4)ccn3)n(Cc3ccc(C(F)(F)F)cc3)c12)C1CCC1. The van der Waals surface area contributed by atoms with Crippen LogP contribution in [-0.4, -0.2) is 41.6 Å². The van der Waals surface area contributed by atoms with Crippen molar-refractivity contribution in [2.24, 2.45) is 5.92 Å². The fourth-order valence-electron chi connectivity index (χ4n) is 5.92. The van der Waals surface area contributed by atoms with Crippen molar-refractivity contribution in [3.8, 4) is 11.5 Å². The molecular formula is C30H31F3N6O2. The van der Waals surface area contributed by atoms with Crippen LogP contribution in [0, 0.1) is 5.92 Å². The molecule has 0 spiro atoms. The number of nitrogens with one attached hydrogen (secondary N) is 1. The second-order valence-corrected chi connectivity index (χ2v) is 11.2. The Hall–Kier alpha value is -4.02. The number of nitrogens with zero attached hydrogens (tertiary/aromatic N) is 5. The van der Waals surface area contributed by atoms with Gasteiger partial charge < -0.3 is 15.0 Å². The van der Waals surface area contributed by atoms with E-state index in [2.05, 4.69) is 20.3 Å². The number of hydrogen-bond donors (Lipinski definition) is 2. The van der Waals surface area contributed by atoms with Crippen molar-refractivity contribution < 1.29 is 23.1 Å². The Morgan fingerprint density at radius 2 is 1.78 bits per heavy atom. The van der Waals surface area contributed by atoms with Crippen LogP contribution in [0.3, 0.4) is 0 Å². The number of aromatic carboxylic acids is 1. The van der Waals surface area contributed by atoms with Crippen LogP contribution in [0.2, 0.25) is 0 Å². The first-order chi connectivity index (χ1) is 19.7. The van der Waals surface area contributed by atoms with Gasteiger partial charge in [-0.15, -0.1) is 0 Å². The van der Waals surface area contributed by atoms with E-state index in [-0.39, 0.29) is 24.1 Å². The van der Waals surface area contributed by atoms with Gasteiger partial charge in [0.1, 0.15) is 11.2 Å². The van der Waals surface area contributed by atoms with E-state index in [0.717, 1.165) is 49.8 Å². The molecular weight excluding hydrogens is 533 g/mol. The van der Waals surface area contributed by atoms with Crippen molar-refractivity contribution in [2.75, 3.05) is 5.32 Å². The highest BCUT2D eigenvalue weighted by Gasteiger charge is 2.31. The first kappa shape index (κ1) is 27.2. The summed E-state index contributed by atoms with van der Waals surface area (Å²) in [6.45, 7) is 2.21. The maximum Gasteiger partial charge on any atom is 0.416 e. The molecule has 214 valence electrons. The van der Waals surface area contributed by atoms with Crippen LogP contribution in [0.25, 0.3) is 22.7 Å². The molecule has 1 atom stereocenters. The molecule has 0 bridgehead atoms. The van der Waals surface area contributed by atoms with Crippen molar-refractivity contribution >= 4 is 23.0 Å². The Bertz CT molecular complexity index is 1570. The normalized spacial score (nSPS) is 17.1. The molecule has 0 unspecified atom stereocenters. The van der Waals surface area contributed by atoms with Gasteiger partial charge in [0.15, 0.2) is 17.3 Å². The number of carboxylic acids is 1. The lowest BCUT2D eigenvalue weighted by molar-refractivity contribution is -0.137. The van der Waals surface area contributed by atoms with Crippen molar-refractivity contribution in [2.45, 2.75) is 76.6 Å². The predicted octanol–water partition coefficient (Wildman–Crippen LogP) is 6.91. The van der Waals surface area contributed by atoms with Gasteiger partial charge in [-0.25, -0.2) is 19.7 Å². The molecule has 0 amide bonds. The summed E-state index contributed by atoms with van der Waals surface area (Å²) < 4.78 is 41.5. The molecule has 0 aliphatic heterocycles. The van der Waals surface area contributed by atoms with E-state index in [9.17, 15) is 23.1 Å². The number of pyridine rings is 1. The minimum Gasteiger partial charge on any atom is -0.475 e. The Morgan fingerprint density at radius 3 is 2.41 bits per heavy atom. The van der Waals surface area contributed by atoms with Crippen LogP contribution in [-0.2, 0) is 12.7 Å². The monoisotopic (exact) mass is 564 g/mol. The topological polar surface area (TPSA) is 106 Å². The van der Waals surface area contributed by atoms with Gasteiger partial charge >= 0.3 is 12.1 Å². The average Bonchev–Trinajstić information content (AvgIpc) is 3.56. The summed E-state index contributed by atoms with van der Waals surface area (Å²) in [4.78, 5) is 29.9. The van der Waals surface area contributed by atoms with Gasteiger partial charge in [0.25, 0.3) is 0 Å². The molecule has 2 saturated carbocycles. The number of benzene rings is 1. The molecule has 2 N–H and O–H groups in total. The highest BCUT2D eigenvalue weighted by Crippen LogP contribution is 2.37. The van der Waals surface area contributed by atoms with Gasteiger partial charge in [0.2, 0.25) is 5.82 Å². The summed E-state index contributed by atoms with van der Waals surface area (Å²) in [6.07, 6.45) is 5.16. The largest absolute Gasteiger partial charge is 0.475 e. The van der Waals surface area contributed by atoms with Gasteiger partial charge in [-0.1, -0.05) is 31.4 Å². The predicted molar refractivity (Wildman–Crippen MR) is 148 cm³/mol. The molecule has 4 aromatic rings. The summed E-state index contributed by atoms with van der Waals surface area (Å²) in [5, 5.41) is 13.2. The molecule has 2 fully saturated rings. The van der Waals surface area contributed by atoms with E-state index >= 15 is 0 Å². The third-order valence-electron chi connectivity index (χ3n) is 8.48. The van der Waals surface area contributed by atoms with Crippen LogP contribution in [0.1, 0.15) is 85.1 Å². The first-order valence-electron chi connectivity index (χ1n) is 14.1. The second-order valence-electron chi connectivity index (χ2n) is 11.2. The van der Waals surface area contributed by atoms with Crippen molar-refractivity contribution in [3.63, 3.8) is 0 Å². The zero-order valence-electron chi connectivity index (χ0n) is 22.7. The van der Waals surface area contributed by atoms with Crippen molar-refractivity contribution in [1.82, 2.24) is 24.5 Å². The number of halogens is 3. The lowest BCUT2D eigenvalue weighted by atomic mass is 9.80. The molecule has 3 heterocycles. The van der Waals surface area contributed by atoms with Crippen molar-refractivity contribution in [1.29, 1.82) is 0 Å². The van der Waals surface area contributed by atoms with Crippen LogP contribution in [0.15, 0.2) is 42.6 Å². The van der Waals surface area contributed by atoms with Crippen molar-refractivity contribution in [3.05, 3.63) is 65.1 Å². The molecule has 0 saturated heterocycles. The van der Waals surface area contributed by atoms with Gasteiger partial charge in [-0.2, -0.15) is 13.2 Å². The number of anilines is 1. The van der Waals surface area contributed by atoms with Crippen LogP contribution >= 0.6 is 0 Å². The number of aromatic nitrogens is 5. The number of carbonyl (C=O) groups is 1. The third-order valence-corrected chi connectivity index (χ3v) is 8.48. The zero-order chi connectivity index (χ0) is 28.7. The highest BCUT2D eigenvalue weighted by atomic mass is 19.4. The van der Waals surface area contributed by atoms with Gasteiger partial charge in [0.05, 0.1) is 5.56 Å². The third kappa shape index (κ3) is 5.49. The molecule has 6 rings (SSSR count). The minimum absolute atomic E-state index is 0.0326. The Labute approximate surface area is 235 Å². The summed E-state index contributed by atoms with van der Waals surface area (Å²) in [5.41, 5.74) is 2.32. The highest BCUT2D eigenvalue weighted by molar-refractivity contribution is 5.92. The number of fused-ring (bicyclic) bond motifs is 1. The minimum atomic E-state index is -4.44. The van der Waals surface area contributed by atoms with E-state index < -0.39 is 17.7 Å². The number of imidazole rings is 1. The number of alkyl halides is 3. The van der Waals surface area contributed by atoms with Gasteiger partial charge in [0, 0.05) is 18.8 Å². The van der Waals surface area contributed by atoms with Gasteiger partial charge in [-0.05, 0) is 79.8 Å². The van der Waals surface area contributed by atoms with E-state index in [0.29, 0.717) is 40.3 Å². The van der Waals surface area contributed by atoms with Crippen LogP contribution in [0.5, 0.6) is 0 Å². The fraction of sp³-hybridized carbons (Fsp3) is 0.433. The molecule has 41 heavy (non-hydrogen) atoms. The summed E-state index contributed by atoms with van der Waals surface area (Å²) >= 11 is 0. The molecule has 3 aromatic heterocycles. The summed E-state index contributed by atoms with van der Waals surface area (Å²) in [7, 11) is 0. The number of hydrogen-bond acceptors (Lipinski definition) is 6. The summed E-state index contributed by atoms with van der Waals surface area (Å²) in [5.74, 6) is 0.0123. The Balaban J connectivity index is 1.50. The summed E-state index contributed by atoms with van der Waals surface area (Å²) in [6, 6.07) is 9.06.